The topological polar surface area (TPSA) is 78.3 Å². The number of ketones is 2. The number of methoxy groups -OCH3 is 1. The Hall–Kier alpha value is -2.57. The average molecular weight is 318 g/mol. The molecule has 2 aromatic rings. The molecule has 23 heavy (non-hydrogen) atoms. The van der Waals surface area contributed by atoms with Gasteiger partial charge in [0, 0.05) is 18.6 Å². The standard InChI is InChI=1S/C16H15FN2O4/c1-8-18-11-5-9(17)6-14(23-2)15(11)16(22)19(8)12-4-3-10(20)7-13(12)21/h5-6,12H,3-4,7H2,1-2H3/t12-/m0/s1. The molecule has 0 aliphatic heterocycles. The van der Waals surface area contributed by atoms with Crippen LogP contribution < -0.4 is 10.3 Å². The average Bonchev–Trinajstić information content (AvgIpc) is 2.47. The number of carbonyl (C=O) groups excluding carboxylic acids is 2. The molecule has 0 radical (unpaired) electrons. The molecule has 1 aromatic heterocycles. The zero-order valence-electron chi connectivity index (χ0n) is 12.8. The molecule has 0 bridgehead atoms. The van der Waals surface area contributed by atoms with Gasteiger partial charge in [-0.3, -0.25) is 19.0 Å². The Labute approximate surface area is 130 Å². The minimum Gasteiger partial charge on any atom is -0.496 e. The van der Waals surface area contributed by atoms with Crippen molar-refractivity contribution in [2.24, 2.45) is 0 Å². The van der Waals surface area contributed by atoms with Crippen LogP contribution in [-0.2, 0) is 9.59 Å². The molecule has 0 amide bonds. The van der Waals surface area contributed by atoms with Crippen LogP contribution in [0.3, 0.4) is 0 Å². The van der Waals surface area contributed by atoms with Gasteiger partial charge in [-0.2, -0.15) is 0 Å². The van der Waals surface area contributed by atoms with E-state index in [2.05, 4.69) is 4.98 Å². The minimum atomic E-state index is -0.716. The fraction of sp³-hybridized carbons (Fsp3) is 0.375. The van der Waals surface area contributed by atoms with Crippen LogP contribution in [0.1, 0.15) is 31.1 Å². The number of Topliss-reactive ketones (excluding diaryl/α,β-unsaturated/α-hetero) is 2. The third-order valence-electron chi connectivity index (χ3n) is 4.08. The van der Waals surface area contributed by atoms with Gasteiger partial charge in [0.05, 0.1) is 25.1 Å². The van der Waals surface area contributed by atoms with Crippen molar-refractivity contribution in [2.45, 2.75) is 32.2 Å². The third-order valence-corrected chi connectivity index (χ3v) is 4.08. The normalized spacial score (nSPS) is 18.5. The molecule has 1 aromatic carbocycles. The van der Waals surface area contributed by atoms with Crippen molar-refractivity contribution in [2.75, 3.05) is 7.11 Å². The Kier molecular flexibility index (Phi) is 3.71. The smallest absolute Gasteiger partial charge is 0.265 e. The molecule has 7 heteroatoms. The summed E-state index contributed by atoms with van der Waals surface area (Å²) in [6.07, 6.45) is 0.352. The Morgan fingerprint density at radius 1 is 1.30 bits per heavy atom. The van der Waals surface area contributed by atoms with Crippen LogP contribution in [0.15, 0.2) is 16.9 Å². The third kappa shape index (κ3) is 2.52. The maximum absolute atomic E-state index is 13.6. The van der Waals surface area contributed by atoms with Crippen molar-refractivity contribution in [3.05, 3.63) is 34.1 Å². The van der Waals surface area contributed by atoms with E-state index >= 15 is 0 Å². The van der Waals surface area contributed by atoms with Gasteiger partial charge in [0.1, 0.15) is 28.6 Å². The summed E-state index contributed by atoms with van der Waals surface area (Å²) in [4.78, 5) is 40.6. The zero-order chi connectivity index (χ0) is 16.7. The summed E-state index contributed by atoms with van der Waals surface area (Å²) in [5, 5.41) is 0.129. The van der Waals surface area contributed by atoms with E-state index in [1.165, 1.54) is 11.7 Å². The first-order chi connectivity index (χ1) is 10.9. The van der Waals surface area contributed by atoms with Crippen LogP contribution in [0.5, 0.6) is 5.75 Å². The molecule has 6 nitrogen and oxygen atoms in total. The van der Waals surface area contributed by atoms with Crippen LogP contribution in [-0.4, -0.2) is 28.2 Å². The van der Waals surface area contributed by atoms with E-state index in [4.69, 9.17) is 4.74 Å². The second kappa shape index (κ2) is 5.57. The highest BCUT2D eigenvalue weighted by Crippen LogP contribution is 2.27. The van der Waals surface area contributed by atoms with Gasteiger partial charge in [-0.05, 0) is 13.3 Å². The largest absolute Gasteiger partial charge is 0.496 e. The van der Waals surface area contributed by atoms with Crippen LogP contribution in [0.4, 0.5) is 4.39 Å². The van der Waals surface area contributed by atoms with E-state index in [0.29, 0.717) is 5.82 Å². The summed E-state index contributed by atoms with van der Waals surface area (Å²) >= 11 is 0. The Morgan fingerprint density at radius 3 is 2.70 bits per heavy atom. The number of nitrogens with zero attached hydrogens (tertiary/aromatic N) is 2. The number of aryl methyl sites for hydroxylation is 1. The van der Waals surface area contributed by atoms with Gasteiger partial charge in [0.2, 0.25) is 0 Å². The van der Waals surface area contributed by atoms with Crippen LogP contribution in [0, 0.1) is 12.7 Å². The number of ether oxygens (including phenoxy) is 1. The number of rotatable bonds is 2. The molecular formula is C16H15FN2O4. The number of benzene rings is 1. The monoisotopic (exact) mass is 318 g/mol. The first kappa shape index (κ1) is 15.3. The molecule has 0 N–H and O–H groups in total. The van der Waals surface area contributed by atoms with Crippen LogP contribution in [0.2, 0.25) is 0 Å². The van der Waals surface area contributed by atoms with Crippen LogP contribution >= 0.6 is 0 Å². The number of hydrogen-bond donors (Lipinski definition) is 0. The van der Waals surface area contributed by atoms with E-state index in [0.717, 1.165) is 12.1 Å². The molecule has 1 aliphatic carbocycles. The summed E-state index contributed by atoms with van der Waals surface area (Å²) in [5.41, 5.74) is -0.281. The van der Waals surface area contributed by atoms with Crippen molar-refractivity contribution >= 4 is 22.5 Å². The highest BCUT2D eigenvalue weighted by molar-refractivity contribution is 6.03. The van der Waals surface area contributed by atoms with Gasteiger partial charge in [-0.15, -0.1) is 0 Å². The highest BCUT2D eigenvalue weighted by atomic mass is 19.1. The van der Waals surface area contributed by atoms with Crippen molar-refractivity contribution in [3.63, 3.8) is 0 Å². The second-order valence-electron chi connectivity index (χ2n) is 5.57. The number of fused-ring (bicyclic) bond motifs is 1. The van der Waals surface area contributed by atoms with Gasteiger partial charge in [-0.25, -0.2) is 9.37 Å². The lowest BCUT2D eigenvalue weighted by molar-refractivity contribution is -0.132. The van der Waals surface area contributed by atoms with E-state index < -0.39 is 17.4 Å². The summed E-state index contributed by atoms with van der Waals surface area (Å²) in [6.45, 7) is 1.59. The summed E-state index contributed by atoms with van der Waals surface area (Å²) in [5.74, 6) is -0.592. The van der Waals surface area contributed by atoms with Crippen molar-refractivity contribution in [1.29, 1.82) is 0 Å². The van der Waals surface area contributed by atoms with E-state index in [1.54, 1.807) is 6.92 Å². The van der Waals surface area contributed by atoms with Gasteiger partial charge in [-0.1, -0.05) is 0 Å². The number of hydrogen-bond acceptors (Lipinski definition) is 5. The first-order valence-electron chi connectivity index (χ1n) is 7.23. The van der Waals surface area contributed by atoms with Gasteiger partial charge >= 0.3 is 0 Å². The van der Waals surface area contributed by atoms with E-state index in [9.17, 15) is 18.8 Å². The van der Waals surface area contributed by atoms with Gasteiger partial charge in [0.15, 0.2) is 5.78 Å². The minimum absolute atomic E-state index is 0.0746. The molecule has 0 unspecified atom stereocenters. The van der Waals surface area contributed by atoms with Gasteiger partial charge in [0.25, 0.3) is 5.56 Å². The molecule has 0 spiro atoms. The van der Waals surface area contributed by atoms with Crippen molar-refractivity contribution < 1.29 is 18.7 Å². The molecule has 120 valence electrons. The number of aromatic nitrogens is 2. The lowest BCUT2D eigenvalue weighted by atomic mass is 9.92. The Morgan fingerprint density at radius 2 is 2.04 bits per heavy atom. The first-order valence-corrected chi connectivity index (χ1v) is 7.23. The molecule has 3 rings (SSSR count). The van der Waals surface area contributed by atoms with Crippen molar-refractivity contribution in [3.8, 4) is 5.75 Å². The number of halogens is 1. The van der Waals surface area contributed by atoms with Crippen LogP contribution in [0.25, 0.3) is 10.9 Å². The maximum atomic E-state index is 13.6. The lowest BCUT2D eigenvalue weighted by Crippen LogP contribution is -2.36. The molecule has 1 saturated carbocycles. The predicted octanol–water partition coefficient (Wildman–Crippen LogP) is 1.72. The van der Waals surface area contributed by atoms with E-state index in [1.807, 2.05) is 0 Å². The Bertz CT molecular complexity index is 888. The van der Waals surface area contributed by atoms with Crippen molar-refractivity contribution in [1.82, 2.24) is 9.55 Å². The maximum Gasteiger partial charge on any atom is 0.265 e. The molecule has 1 atom stereocenters. The Balaban J connectivity index is 2.26. The molecular weight excluding hydrogens is 303 g/mol. The van der Waals surface area contributed by atoms with Gasteiger partial charge < -0.3 is 4.74 Å². The summed E-state index contributed by atoms with van der Waals surface area (Å²) in [6, 6.07) is 1.55. The molecule has 0 saturated heterocycles. The predicted molar refractivity (Wildman–Crippen MR) is 80.2 cm³/mol. The highest BCUT2D eigenvalue weighted by Gasteiger charge is 2.31. The fourth-order valence-electron chi connectivity index (χ4n) is 3.03. The zero-order valence-corrected chi connectivity index (χ0v) is 12.8. The fourth-order valence-corrected chi connectivity index (χ4v) is 3.03. The SMILES string of the molecule is COc1cc(F)cc2nc(C)n([C@H]3CCC(=O)CC3=O)c(=O)c12. The molecule has 1 aliphatic rings. The van der Waals surface area contributed by atoms with E-state index in [-0.39, 0.29) is 47.5 Å². The summed E-state index contributed by atoms with van der Waals surface area (Å²) < 4.78 is 20.0. The quantitative estimate of drug-likeness (QED) is 0.788. The summed E-state index contributed by atoms with van der Waals surface area (Å²) in [7, 11) is 1.34. The second-order valence-corrected chi connectivity index (χ2v) is 5.57. The molecule has 1 fully saturated rings. The number of carbonyl (C=O) groups is 2. The molecule has 1 heterocycles. The lowest BCUT2D eigenvalue weighted by Gasteiger charge is -2.24.